The van der Waals surface area contributed by atoms with Gasteiger partial charge in [-0.3, -0.25) is 14.9 Å². The maximum atomic E-state index is 11.7. The van der Waals surface area contributed by atoms with Crippen LogP contribution in [0.3, 0.4) is 0 Å². The van der Waals surface area contributed by atoms with Gasteiger partial charge in [-0.15, -0.1) is 0 Å². The Kier molecular flexibility index (Phi) is 2.44. The topological polar surface area (TPSA) is 122 Å². The van der Waals surface area contributed by atoms with Gasteiger partial charge in [-0.05, 0) is 13.8 Å². The quantitative estimate of drug-likeness (QED) is 0.653. The molecule has 4 rings (SSSR count). The molecular formula is C12H14N4O5. The molecule has 21 heavy (non-hydrogen) atoms. The molecule has 2 aromatic rings. The van der Waals surface area contributed by atoms with E-state index >= 15 is 0 Å². The zero-order chi connectivity index (χ0) is 14.8. The number of nitrogens with zero attached hydrogens (tertiary/aromatic N) is 1. The Hall–Kier alpha value is -1.97. The Morgan fingerprint density at radius 1 is 1.24 bits per heavy atom. The number of aromatic nitrogens is 4. The smallest absolute Gasteiger partial charge is 0.326 e. The van der Waals surface area contributed by atoms with Gasteiger partial charge in [0.25, 0.3) is 5.56 Å². The molecule has 0 spiro atoms. The van der Waals surface area contributed by atoms with Gasteiger partial charge in [0, 0.05) is 0 Å². The first-order chi connectivity index (χ1) is 9.94. The fourth-order valence-electron chi connectivity index (χ4n) is 2.95. The number of ether oxygens (including phenoxy) is 3. The van der Waals surface area contributed by atoms with Gasteiger partial charge in [-0.1, -0.05) is 0 Å². The molecule has 2 saturated heterocycles. The van der Waals surface area contributed by atoms with Crippen LogP contribution in [-0.4, -0.2) is 44.8 Å². The second-order valence-electron chi connectivity index (χ2n) is 5.66. The van der Waals surface area contributed by atoms with Crippen molar-refractivity contribution in [2.45, 2.75) is 37.9 Å². The molecule has 9 heteroatoms. The molecule has 3 N–H and O–H groups in total. The van der Waals surface area contributed by atoms with Crippen molar-refractivity contribution in [2.75, 3.05) is 6.61 Å². The summed E-state index contributed by atoms with van der Waals surface area (Å²) in [6.45, 7) is 4.05. The maximum Gasteiger partial charge on any atom is 0.326 e. The molecule has 0 unspecified atom stereocenters. The van der Waals surface area contributed by atoms with Gasteiger partial charge in [-0.25, -0.2) is 4.79 Å². The predicted molar refractivity (Wildman–Crippen MR) is 69.9 cm³/mol. The molecule has 0 aliphatic carbocycles. The number of fused-ring (bicyclic) bond motifs is 2. The Morgan fingerprint density at radius 2 is 2.05 bits per heavy atom. The second-order valence-corrected chi connectivity index (χ2v) is 5.66. The number of hydrogen-bond acceptors (Lipinski definition) is 6. The molecule has 2 aliphatic heterocycles. The fraction of sp³-hybridized carbons (Fsp3) is 0.583. The Morgan fingerprint density at radius 3 is 2.86 bits per heavy atom. The summed E-state index contributed by atoms with van der Waals surface area (Å²) >= 11 is 0. The minimum absolute atomic E-state index is 0.134. The van der Waals surface area contributed by atoms with E-state index in [9.17, 15) is 9.59 Å². The maximum absolute atomic E-state index is 11.7. The van der Waals surface area contributed by atoms with E-state index in [4.69, 9.17) is 14.2 Å². The van der Waals surface area contributed by atoms with Crippen LogP contribution in [0, 0.1) is 0 Å². The molecule has 3 atom stereocenters. The highest BCUT2D eigenvalue weighted by Gasteiger charge is 2.51. The van der Waals surface area contributed by atoms with Crippen molar-refractivity contribution >= 4 is 11.0 Å². The summed E-state index contributed by atoms with van der Waals surface area (Å²) in [6, 6.07) is 0. The van der Waals surface area contributed by atoms with Gasteiger partial charge in [0.15, 0.2) is 11.3 Å². The van der Waals surface area contributed by atoms with E-state index in [0.717, 1.165) is 0 Å². The van der Waals surface area contributed by atoms with Gasteiger partial charge in [-0.2, -0.15) is 5.10 Å². The normalized spacial score (nSPS) is 30.9. The predicted octanol–water partition coefficient (Wildman–Crippen LogP) is -0.469. The lowest BCUT2D eigenvalue weighted by atomic mass is 10.1. The Bertz CT molecular complexity index is 819. The zero-order valence-electron chi connectivity index (χ0n) is 11.4. The van der Waals surface area contributed by atoms with E-state index in [0.29, 0.717) is 17.8 Å². The standard InChI is InChI=1S/C12H14N4O5/c1-12(2)20-4-3-19-9(8(4)21-12)6-5-7(16-15-6)10(17)14-11(18)13-5/h4,8-9H,3H2,1-2H3,(H,15,16)(H2,13,14,17,18)/t4-,8+,9-/m0/s1. The van der Waals surface area contributed by atoms with E-state index in [1.165, 1.54) is 0 Å². The van der Waals surface area contributed by atoms with Gasteiger partial charge in [0.1, 0.15) is 18.3 Å². The van der Waals surface area contributed by atoms with E-state index < -0.39 is 23.1 Å². The summed E-state index contributed by atoms with van der Waals surface area (Å²) in [7, 11) is 0. The molecule has 2 aliphatic rings. The van der Waals surface area contributed by atoms with Crippen LogP contribution in [0.1, 0.15) is 25.6 Å². The molecule has 112 valence electrons. The SMILES string of the molecule is CC1(C)O[C@@H]2[C@H](CO[C@H]2c2[nH]nc3c(=O)[nH]c(=O)[nH]c23)O1. The lowest BCUT2D eigenvalue weighted by Crippen LogP contribution is -2.26. The fourth-order valence-corrected chi connectivity index (χ4v) is 2.95. The summed E-state index contributed by atoms with van der Waals surface area (Å²) in [4.78, 5) is 27.9. The second kappa shape index (κ2) is 4.03. The first kappa shape index (κ1) is 12.7. The largest absolute Gasteiger partial charge is 0.366 e. The molecule has 4 heterocycles. The van der Waals surface area contributed by atoms with Gasteiger partial charge in [0.05, 0.1) is 17.8 Å². The van der Waals surface area contributed by atoms with Crippen molar-refractivity contribution in [1.82, 2.24) is 20.2 Å². The van der Waals surface area contributed by atoms with Crippen LogP contribution < -0.4 is 11.2 Å². The average Bonchev–Trinajstić information content (AvgIpc) is 3.00. The summed E-state index contributed by atoms with van der Waals surface area (Å²) in [6.07, 6.45) is -0.970. The average molecular weight is 294 g/mol. The van der Waals surface area contributed by atoms with Gasteiger partial charge < -0.3 is 19.2 Å². The Labute approximate surface area is 117 Å². The lowest BCUT2D eigenvalue weighted by molar-refractivity contribution is -0.175. The molecule has 9 nitrogen and oxygen atoms in total. The minimum Gasteiger partial charge on any atom is -0.366 e. The summed E-state index contributed by atoms with van der Waals surface area (Å²) < 4.78 is 17.3. The first-order valence-corrected chi connectivity index (χ1v) is 6.62. The number of aromatic amines is 3. The first-order valence-electron chi connectivity index (χ1n) is 6.62. The van der Waals surface area contributed by atoms with E-state index in [1.54, 1.807) is 0 Å². The molecule has 0 radical (unpaired) electrons. The van der Waals surface area contributed by atoms with E-state index in [2.05, 4.69) is 20.2 Å². The zero-order valence-corrected chi connectivity index (χ0v) is 11.4. The molecular weight excluding hydrogens is 280 g/mol. The Balaban J connectivity index is 1.81. The van der Waals surface area contributed by atoms with Crippen molar-refractivity contribution < 1.29 is 14.2 Å². The summed E-state index contributed by atoms with van der Waals surface area (Å²) in [5, 5.41) is 6.70. The van der Waals surface area contributed by atoms with Crippen molar-refractivity contribution in [2.24, 2.45) is 0 Å². The molecule has 2 aromatic heterocycles. The molecule has 0 aromatic carbocycles. The highest BCUT2D eigenvalue weighted by molar-refractivity contribution is 5.75. The summed E-state index contributed by atoms with van der Waals surface area (Å²) in [5.41, 5.74) is -0.150. The summed E-state index contributed by atoms with van der Waals surface area (Å²) in [5.74, 6) is -0.682. The van der Waals surface area contributed by atoms with Crippen LogP contribution in [-0.2, 0) is 14.2 Å². The number of hydrogen-bond donors (Lipinski definition) is 3. The van der Waals surface area contributed by atoms with Crippen LogP contribution >= 0.6 is 0 Å². The molecule has 0 bridgehead atoms. The van der Waals surface area contributed by atoms with Crippen molar-refractivity contribution in [3.05, 3.63) is 26.5 Å². The molecule has 0 amide bonds. The number of H-pyrrole nitrogens is 3. The lowest BCUT2D eigenvalue weighted by Gasteiger charge is -2.21. The van der Waals surface area contributed by atoms with Crippen molar-refractivity contribution in [1.29, 1.82) is 0 Å². The third kappa shape index (κ3) is 1.85. The third-order valence-corrected chi connectivity index (χ3v) is 3.72. The van der Waals surface area contributed by atoms with Crippen molar-refractivity contribution in [3.63, 3.8) is 0 Å². The van der Waals surface area contributed by atoms with Gasteiger partial charge in [0.2, 0.25) is 0 Å². The van der Waals surface area contributed by atoms with Crippen LogP contribution in [0.4, 0.5) is 0 Å². The van der Waals surface area contributed by atoms with Crippen molar-refractivity contribution in [3.8, 4) is 0 Å². The molecule has 2 fully saturated rings. The number of nitrogens with one attached hydrogen (secondary N) is 3. The highest BCUT2D eigenvalue weighted by atomic mass is 16.8. The van der Waals surface area contributed by atoms with E-state index in [1.807, 2.05) is 13.8 Å². The molecule has 0 saturated carbocycles. The van der Waals surface area contributed by atoms with Crippen LogP contribution in [0.5, 0.6) is 0 Å². The minimum atomic E-state index is -0.682. The van der Waals surface area contributed by atoms with Crippen LogP contribution in [0.15, 0.2) is 9.59 Å². The van der Waals surface area contributed by atoms with Gasteiger partial charge >= 0.3 is 5.69 Å². The monoisotopic (exact) mass is 294 g/mol. The third-order valence-electron chi connectivity index (χ3n) is 3.72. The van der Waals surface area contributed by atoms with Crippen LogP contribution in [0.25, 0.3) is 11.0 Å². The number of rotatable bonds is 1. The van der Waals surface area contributed by atoms with Crippen LogP contribution in [0.2, 0.25) is 0 Å². The highest BCUT2D eigenvalue weighted by Crippen LogP contribution is 2.42. The van der Waals surface area contributed by atoms with E-state index in [-0.39, 0.29) is 17.7 Å².